The first-order valence-corrected chi connectivity index (χ1v) is 9.11. The molecular formula is C18H35N3O3. The number of carbonyl (C=O) groups is 2. The minimum absolute atomic E-state index is 0.116. The Hall–Kier alpha value is -1.30. The van der Waals surface area contributed by atoms with Gasteiger partial charge in [-0.05, 0) is 52.5 Å². The van der Waals surface area contributed by atoms with Gasteiger partial charge in [0.2, 0.25) is 6.41 Å². The number of rotatable bonds is 7. The topological polar surface area (TPSA) is 61.9 Å². The molecule has 0 bridgehead atoms. The monoisotopic (exact) mass is 341 g/mol. The van der Waals surface area contributed by atoms with E-state index in [1.807, 2.05) is 25.7 Å². The summed E-state index contributed by atoms with van der Waals surface area (Å²) in [6, 6.07) is 0.116. The Balaban J connectivity index is 2.47. The lowest BCUT2D eigenvalue weighted by Gasteiger charge is -2.27. The zero-order chi connectivity index (χ0) is 18.2. The summed E-state index contributed by atoms with van der Waals surface area (Å²) >= 11 is 0. The van der Waals surface area contributed by atoms with Gasteiger partial charge in [0.25, 0.3) is 0 Å². The second-order valence-electron chi connectivity index (χ2n) is 8.10. The third-order valence-electron chi connectivity index (χ3n) is 4.04. The van der Waals surface area contributed by atoms with Crippen LogP contribution in [-0.4, -0.2) is 66.7 Å². The third kappa shape index (κ3) is 9.11. The van der Waals surface area contributed by atoms with Crippen LogP contribution in [0.1, 0.15) is 53.9 Å². The molecule has 0 spiro atoms. The van der Waals surface area contributed by atoms with Crippen molar-refractivity contribution < 1.29 is 14.3 Å². The van der Waals surface area contributed by atoms with Crippen molar-refractivity contribution in [1.29, 1.82) is 0 Å². The van der Waals surface area contributed by atoms with Crippen molar-refractivity contribution in [3.63, 3.8) is 0 Å². The van der Waals surface area contributed by atoms with Crippen LogP contribution in [0.5, 0.6) is 0 Å². The molecule has 1 fully saturated rings. The molecule has 24 heavy (non-hydrogen) atoms. The number of hydrogen-bond donors (Lipinski definition) is 1. The highest BCUT2D eigenvalue weighted by molar-refractivity contribution is 5.68. The lowest BCUT2D eigenvalue weighted by Crippen LogP contribution is -2.42. The van der Waals surface area contributed by atoms with E-state index in [0.29, 0.717) is 5.92 Å². The molecule has 1 aliphatic rings. The normalized spacial score (nSPS) is 18.2. The van der Waals surface area contributed by atoms with Crippen molar-refractivity contribution in [2.24, 2.45) is 5.92 Å². The summed E-state index contributed by atoms with van der Waals surface area (Å²) in [6.07, 6.45) is 3.45. The molecule has 0 saturated carbocycles. The van der Waals surface area contributed by atoms with E-state index in [1.165, 1.54) is 0 Å². The second-order valence-corrected chi connectivity index (χ2v) is 8.10. The molecular weight excluding hydrogens is 306 g/mol. The fourth-order valence-corrected chi connectivity index (χ4v) is 2.95. The van der Waals surface area contributed by atoms with Crippen LogP contribution >= 0.6 is 0 Å². The zero-order valence-electron chi connectivity index (χ0n) is 16.0. The van der Waals surface area contributed by atoms with E-state index < -0.39 is 5.60 Å². The van der Waals surface area contributed by atoms with E-state index in [2.05, 4.69) is 24.1 Å². The first-order chi connectivity index (χ1) is 11.2. The van der Waals surface area contributed by atoms with E-state index in [1.54, 1.807) is 0 Å². The van der Waals surface area contributed by atoms with Gasteiger partial charge in [0, 0.05) is 32.2 Å². The maximum absolute atomic E-state index is 12.0. The number of hydrogen-bond acceptors (Lipinski definition) is 4. The molecule has 0 radical (unpaired) electrons. The molecule has 0 aliphatic carbocycles. The summed E-state index contributed by atoms with van der Waals surface area (Å²) in [5, 5.41) is 3.03. The smallest absolute Gasteiger partial charge is 0.407 e. The highest BCUT2D eigenvalue weighted by Gasteiger charge is 2.21. The maximum atomic E-state index is 12.0. The van der Waals surface area contributed by atoms with Gasteiger partial charge in [0.05, 0.1) is 0 Å². The third-order valence-corrected chi connectivity index (χ3v) is 4.04. The fourth-order valence-electron chi connectivity index (χ4n) is 2.95. The average molecular weight is 341 g/mol. The van der Waals surface area contributed by atoms with Crippen LogP contribution in [0.15, 0.2) is 0 Å². The highest BCUT2D eigenvalue weighted by Crippen LogP contribution is 2.12. The van der Waals surface area contributed by atoms with Crippen LogP contribution in [0.25, 0.3) is 0 Å². The van der Waals surface area contributed by atoms with E-state index in [-0.39, 0.29) is 12.1 Å². The Morgan fingerprint density at radius 3 is 2.50 bits per heavy atom. The largest absolute Gasteiger partial charge is 0.444 e. The number of nitrogens with one attached hydrogen (secondary N) is 1. The van der Waals surface area contributed by atoms with Crippen molar-refractivity contribution in [1.82, 2.24) is 15.1 Å². The van der Waals surface area contributed by atoms with E-state index >= 15 is 0 Å². The molecule has 0 aromatic heterocycles. The zero-order valence-corrected chi connectivity index (χ0v) is 16.0. The highest BCUT2D eigenvalue weighted by atomic mass is 16.6. The van der Waals surface area contributed by atoms with Crippen molar-refractivity contribution in [3.8, 4) is 0 Å². The van der Waals surface area contributed by atoms with Crippen LogP contribution in [0, 0.1) is 5.92 Å². The molecule has 0 aromatic rings. The summed E-state index contributed by atoms with van der Waals surface area (Å²) in [7, 11) is 0. The predicted molar refractivity (Wildman–Crippen MR) is 95.9 cm³/mol. The van der Waals surface area contributed by atoms with Gasteiger partial charge in [0.1, 0.15) is 5.60 Å². The van der Waals surface area contributed by atoms with Crippen LogP contribution in [0.3, 0.4) is 0 Å². The minimum Gasteiger partial charge on any atom is -0.444 e. The molecule has 6 nitrogen and oxygen atoms in total. The Morgan fingerprint density at radius 1 is 1.21 bits per heavy atom. The summed E-state index contributed by atoms with van der Waals surface area (Å²) in [6.45, 7) is 14.4. The Bertz CT molecular complexity index is 393. The molecule has 1 aliphatic heterocycles. The number of amides is 2. The Morgan fingerprint density at radius 2 is 1.92 bits per heavy atom. The second kappa shape index (κ2) is 9.87. The molecule has 1 heterocycles. The van der Waals surface area contributed by atoms with Gasteiger partial charge in [0.15, 0.2) is 0 Å². The van der Waals surface area contributed by atoms with Crippen LogP contribution in [0.4, 0.5) is 4.79 Å². The van der Waals surface area contributed by atoms with Crippen molar-refractivity contribution in [3.05, 3.63) is 0 Å². The summed E-state index contributed by atoms with van der Waals surface area (Å²) in [5.41, 5.74) is -0.477. The van der Waals surface area contributed by atoms with Gasteiger partial charge in [-0.3, -0.25) is 4.79 Å². The summed E-state index contributed by atoms with van der Waals surface area (Å²) < 4.78 is 5.38. The standard InChI is InChI=1S/C18H35N3O3/c1-15(2)13-16(19-17(23)24-18(3,4)5)7-10-20-8-6-9-21(14-22)12-11-20/h14-16H,6-13H2,1-5H3,(H,19,23). The Labute approximate surface area is 146 Å². The molecule has 140 valence electrons. The minimum atomic E-state index is -0.477. The molecule has 1 atom stereocenters. The molecule has 0 aromatic carbocycles. The lowest BCUT2D eigenvalue weighted by atomic mass is 10.0. The molecule has 1 rings (SSSR count). The van der Waals surface area contributed by atoms with Crippen molar-refractivity contribution >= 4 is 12.5 Å². The van der Waals surface area contributed by atoms with Gasteiger partial charge in [-0.15, -0.1) is 0 Å². The van der Waals surface area contributed by atoms with Crippen LogP contribution in [-0.2, 0) is 9.53 Å². The molecule has 1 saturated heterocycles. The summed E-state index contributed by atoms with van der Waals surface area (Å²) in [5.74, 6) is 0.514. The van der Waals surface area contributed by atoms with E-state index in [9.17, 15) is 9.59 Å². The average Bonchev–Trinajstić information content (AvgIpc) is 2.67. The van der Waals surface area contributed by atoms with Gasteiger partial charge in [-0.2, -0.15) is 0 Å². The fraction of sp³-hybridized carbons (Fsp3) is 0.889. The van der Waals surface area contributed by atoms with Crippen LogP contribution in [0.2, 0.25) is 0 Å². The van der Waals surface area contributed by atoms with E-state index in [4.69, 9.17) is 4.74 Å². The van der Waals surface area contributed by atoms with Gasteiger partial charge < -0.3 is 19.9 Å². The molecule has 6 heteroatoms. The predicted octanol–water partition coefficient (Wildman–Crippen LogP) is 2.48. The van der Waals surface area contributed by atoms with E-state index in [0.717, 1.165) is 58.4 Å². The number of carbonyl (C=O) groups excluding carboxylic acids is 2. The first kappa shape index (κ1) is 20.7. The van der Waals surface area contributed by atoms with Gasteiger partial charge in [-0.25, -0.2) is 4.79 Å². The molecule has 1 unspecified atom stereocenters. The SMILES string of the molecule is CC(C)CC(CCN1CCCN(C=O)CC1)NC(=O)OC(C)(C)C. The number of nitrogens with zero attached hydrogens (tertiary/aromatic N) is 2. The van der Waals surface area contributed by atoms with Gasteiger partial charge in [-0.1, -0.05) is 13.8 Å². The maximum Gasteiger partial charge on any atom is 0.407 e. The van der Waals surface area contributed by atoms with Crippen molar-refractivity contribution in [2.75, 3.05) is 32.7 Å². The number of alkyl carbamates (subject to hydrolysis) is 1. The quantitative estimate of drug-likeness (QED) is 0.723. The first-order valence-electron chi connectivity index (χ1n) is 9.11. The molecule has 2 amide bonds. The molecule has 1 N–H and O–H groups in total. The van der Waals surface area contributed by atoms with Gasteiger partial charge >= 0.3 is 6.09 Å². The number of ether oxygens (including phenoxy) is 1. The van der Waals surface area contributed by atoms with Crippen molar-refractivity contribution in [2.45, 2.75) is 65.5 Å². The lowest BCUT2D eigenvalue weighted by molar-refractivity contribution is -0.118. The Kier molecular flexibility index (Phi) is 8.53. The summed E-state index contributed by atoms with van der Waals surface area (Å²) in [4.78, 5) is 27.2. The van der Waals surface area contributed by atoms with Crippen LogP contribution < -0.4 is 5.32 Å².